The highest BCUT2D eigenvalue weighted by Gasteiger charge is 2.25. The van der Waals surface area contributed by atoms with E-state index in [1.54, 1.807) is 7.11 Å². The number of aromatic nitrogens is 2. The molecule has 0 spiro atoms. The molecule has 8 nitrogen and oxygen atoms in total. The van der Waals surface area contributed by atoms with Crippen molar-refractivity contribution < 1.29 is 9.53 Å². The molecule has 0 unspecified atom stereocenters. The van der Waals surface area contributed by atoms with Crippen molar-refractivity contribution in [2.75, 3.05) is 30.9 Å². The van der Waals surface area contributed by atoms with Gasteiger partial charge >= 0.3 is 5.69 Å². The van der Waals surface area contributed by atoms with Gasteiger partial charge in [-0.15, -0.1) is 0 Å². The minimum absolute atomic E-state index is 0.0250. The van der Waals surface area contributed by atoms with Gasteiger partial charge in [0, 0.05) is 25.8 Å². The first-order valence-electron chi connectivity index (χ1n) is 12.6. The van der Waals surface area contributed by atoms with E-state index >= 15 is 0 Å². The Morgan fingerprint density at radius 2 is 1.75 bits per heavy atom. The molecule has 4 rings (SSSR count). The Morgan fingerprint density at radius 1 is 1.06 bits per heavy atom. The second-order valence-electron chi connectivity index (χ2n) is 9.32. The van der Waals surface area contributed by atoms with Gasteiger partial charge in [0.2, 0.25) is 0 Å². The van der Waals surface area contributed by atoms with E-state index in [1.807, 2.05) is 54.6 Å². The van der Waals surface area contributed by atoms with E-state index in [0.717, 1.165) is 5.56 Å². The number of nitrogens with zero attached hydrogens (tertiary/aromatic N) is 2. The second-order valence-corrected chi connectivity index (χ2v) is 9.32. The Balaban J connectivity index is 1.68. The molecule has 1 amide bonds. The zero-order chi connectivity index (χ0) is 25.5. The number of nitrogen functional groups attached to an aromatic ring is 1. The van der Waals surface area contributed by atoms with Crippen LogP contribution >= 0.6 is 0 Å². The minimum Gasteiger partial charge on any atom is -0.385 e. The van der Waals surface area contributed by atoms with E-state index in [-0.39, 0.29) is 30.5 Å². The predicted molar refractivity (Wildman–Crippen MR) is 142 cm³/mol. The smallest absolute Gasteiger partial charge is 0.330 e. The molecule has 0 atom stereocenters. The molecule has 1 saturated carbocycles. The molecule has 1 aliphatic rings. The van der Waals surface area contributed by atoms with Crippen LogP contribution in [-0.2, 0) is 11.3 Å². The summed E-state index contributed by atoms with van der Waals surface area (Å²) in [4.78, 5) is 43.0. The van der Waals surface area contributed by atoms with Crippen LogP contribution in [0.25, 0.3) is 0 Å². The number of amides is 1. The number of aromatic amines is 1. The van der Waals surface area contributed by atoms with Gasteiger partial charge in [-0.05, 0) is 48.4 Å². The molecule has 8 heteroatoms. The molecular weight excluding hydrogens is 456 g/mol. The van der Waals surface area contributed by atoms with Crippen LogP contribution < -0.4 is 21.9 Å². The summed E-state index contributed by atoms with van der Waals surface area (Å²) >= 11 is 0. The third-order valence-corrected chi connectivity index (χ3v) is 6.88. The summed E-state index contributed by atoms with van der Waals surface area (Å²) in [6.07, 6.45) is 6.60. The first kappa shape index (κ1) is 25.4. The number of rotatable bonds is 9. The largest absolute Gasteiger partial charge is 0.385 e. The topological polar surface area (TPSA) is 110 Å². The van der Waals surface area contributed by atoms with Gasteiger partial charge in [-0.2, -0.15) is 0 Å². The van der Waals surface area contributed by atoms with Crippen LogP contribution in [0.5, 0.6) is 0 Å². The molecule has 1 heterocycles. The van der Waals surface area contributed by atoms with Crippen molar-refractivity contribution in [2.45, 2.75) is 51.0 Å². The number of hydrogen-bond donors (Lipinski definition) is 2. The summed E-state index contributed by atoms with van der Waals surface area (Å²) in [5.74, 6) is 0.140. The van der Waals surface area contributed by atoms with Crippen LogP contribution in [0, 0.1) is 0 Å². The second kappa shape index (κ2) is 11.9. The number of benzene rings is 2. The number of carbonyl (C=O) groups excluding carboxylic acids is 1. The molecule has 3 aromatic rings. The Hall–Kier alpha value is -3.65. The summed E-state index contributed by atoms with van der Waals surface area (Å²) in [6, 6.07) is 17.0. The van der Waals surface area contributed by atoms with Gasteiger partial charge in [-0.1, -0.05) is 61.7 Å². The van der Waals surface area contributed by atoms with Crippen molar-refractivity contribution in [2.24, 2.45) is 0 Å². The molecule has 0 saturated heterocycles. The van der Waals surface area contributed by atoms with Crippen molar-refractivity contribution in [1.82, 2.24) is 9.55 Å². The van der Waals surface area contributed by atoms with E-state index in [9.17, 15) is 14.4 Å². The minimum atomic E-state index is -0.689. The number of nitrogens with one attached hydrogen (secondary N) is 1. The number of nitrogens with two attached hydrogens (primary N) is 1. The molecule has 1 aliphatic carbocycles. The normalized spacial score (nSPS) is 14.0. The number of ether oxygens (including phenoxy) is 1. The number of anilines is 2. The summed E-state index contributed by atoms with van der Waals surface area (Å²) < 4.78 is 6.45. The first-order valence-corrected chi connectivity index (χ1v) is 12.6. The molecule has 36 heavy (non-hydrogen) atoms. The van der Waals surface area contributed by atoms with Crippen LogP contribution in [0.3, 0.4) is 0 Å². The molecular formula is C28H34N4O4. The lowest BCUT2D eigenvalue weighted by molar-refractivity contribution is 0.0983. The lowest BCUT2D eigenvalue weighted by atomic mass is 9.84. The standard InChI is InChI=1S/C28H34N4O4/c1-36-18-8-17-31(27(34)23-15-13-22(14-16-23)21-11-6-3-7-12-21)24-25(29)32(28(35)30-26(24)33)19-20-9-4-2-5-10-20/h2,4-5,9-10,13-16,21H,3,6-8,11-12,17-19,29H2,1H3,(H,30,33,35). The molecule has 0 aliphatic heterocycles. The first-order chi connectivity index (χ1) is 17.5. The Morgan fingerprint density at radius 3 is 2.42 bits per heavy atom. The fraction of sp³-hybridized carbons (Fsp3) is 0.393. The van der Waals surface area contributed by atoms with E-state index in [0.29, 0.717) is 24.5 Å². The fourth-order valence-electron chi connectivity index (χ4n) is 4.93. The average Bonchev–Trinajstić information content (AvgIpc) is 2.91. The summed E-state index contributed by atoms with van der Waals surface area (Å²) in [7, 11) is 1.58. The summed E-state index contributed by atoms with van der Waals surface area (Å²) in [5, 5.41) is 0. The highest BCUT2D eigenvalue weighted by atomic mass is 16.5. The van der Waals surface area contributed by atoms with Crippen molar-refractivity contribution in [3.63, 3.8) is 0 Å². The highest BCUT2D eigenvalue weighted by Crippen LogP contribution is 2.32. The molecule has 3 N–H and O–H groups in total. The fourth-order valence-corrected chi connectivity index (χ4v) is 4.93. The van der Waals surface area contributed by atoms with E-state index < -0.39 is 11.2 Å². The van der Waals surface area contributed by atoms with E-state index in [1.165, 1.54) is 47.1 Å². The maximum absolute atomic E-state index is 13.7. The van der Waals surface area contributed by atoms with Gasteiger partial charge in [0.25, 0.3) is 11.5 Å². The summed E-state index contributed by atoms with van der Waals surface area (Å²) in [6.45, 7) is 0.797. The van der Waals surface area contributed by atoms with Gasteiger partial charge < -0.3 is 15.4 Å². The maximum atomic E-state index is 13.7. The average molecular weight is 491 g/mol. The van der Waals surface area contributed by atoms with Gasteiger partial charge in [0.1, 0.15) is 5.82 Å². The van der Waals surface area contributed by atoms with Crippen molar-refractivity contribution in [3.8, 4) is 0 Å². The lowest BCUT2D eigenvalue weighted by Gasteiger charge is -2.25. The SMILES string of the molecule is COCCCN(C(=O)c1ccc(C2CCCCC2)cc1)c1c(N)n(Cc2ccccc2)c(=O)[nH]c1=O. The number of methoxy groups -OCH3 is 1. The monoisotopic (exact) mass is 490 g/mol. The van der Waals surface area contributed by atoms with Crippen LogP contribution in [0.15, 0.2) is 64.2 Å². The molecule has 1 fully saturated rings. The highest BCUT2D eigenvalue weighted by molar-refractivity contribution is 6.07. The number of hydrogen-bond acceptors (Lipinski definition) is 5. The van der Waals surface area contributed by atoms with Crippen LogP contribution in [0.1, 0.15) is 65.9 Å². The Bertz CT molecular complexity index is 1280. The Labute approximate surface area is 210 Å². The van der Waals surface area contributed by atoms with Gasteiger partial charge in [-0.3, -0.25) is 19.1 Å². The molecule has 1 aromatic heterocycles. The Kier molecular flexibility index (Phi) is 8.38. The summed E-state index contributed by atoms with van der Waals surface area (Å²) in [5.41, 5.74) is 7.61. The zero-order valence-corrected chi connectivity index (χ0v) is 20.7. The van der Waals surface area contributed by atoms with Crippen LogP contribution in [0.4, 0.5) is 11.5 Å². The van der Waals surface area contributed by atoms with Crippen LogP contribution in [0.2, 0.25) is 0 Å². The van der Waals surface area contributed by atoms with Gasteiger partial charge in [-0.25, -0.2) is 4.79 Å². The van der Waals surface area contributed by atoms with Crippen molar-refractivity contribution >= 4 is 17.4 Å². The third-order valence-electron chi connectivity index (χ3n) is 6.88. The number of carbonyl (C=O) groups is 1. The van der Waals surface area contributed by atoms with Crippen molar-refractivity contribution in [3.05, 3.63) is 92.1 Å². The van der Waals surface area contributed by atoms with Crippen molar-refractivity contribution in [1.29, 1.82) is 0 Å². The molecule has 0 radical (unpaired) electrons. The van der Waals surface area contributed by atoms with Crippen LogP contribution in [-0.4, -0.2) is 35.7 Å². The number of H-pyrrole nitrogens is 1. The molecule has 190 valence electrons. The van der Waals surface area contributed by atoms with Gasteiger partial charge in [0.15, 0.2) is 5.69 Å². The third kappa shape index (κ3) is 5.76. The van der Waals surface area contributed by atoms with E-state index in [2.05, 4.69) is 4.98 Å². The predicted octanol–water partition coefficient (Wildman–Crippen LogP) is 3.90. The maximum Gasteiger partial charge on any atom is 0.330 e. The quantitative estimate of drug-likeness (QED) is 0.442. The lowest BCUT2D eigenvalue weighted by Crippen LogP contribution is -2.42. The van der Waals surface area contributed by atoms with E-state index in [4.69, 9.17) is 10.5 Å². The molecule has 0 bridgehead atoms. The van der Waals surface area contributed by atoms with Gasteiger partial charge in [0.05, 0.1) is 6.54 Å². The molecule has 2 aromatic carbocycles. The zero-order valence-electron chi connectivity index (χ0n) is 20.7.